The second-order valence-electron chi connectivity index (χ2n) is 7.45. The van der Waals surface area contributed by atoms with Crippen LogP contribution in [0.5, 0.6) is 0 Å². The molecule has 0 radical (unpaired) electrons. The van der Waals surface area contributed by atoms with Crippen LogP contribution in [0.4, 0.5) is 0 Å². The Morgan fingerprint density at radius 2 is 2.16 bits per heavy atom. The van der Waals surface area contributed by atoms with Crippen molar-refractivity contribution in [1.82, 2.24) is 15.1 Å². The number of guanidine groups is 1. The first kappa shape index (κ1) is 22.9. The van der Waals surface area contributed by atoms with Gasteiger partial charge in [0.2, 0.25) is 0 Å². The van der Waals surface area contributed by atoms with E-state index in [4.69, 9.17) is 14.5 Å². The summed E-state index contributed by atoms with van der Waals surface area (Å²) < 4.78 is 11.4. The van der Waals surface area contributed by atoms with Gasteiger partial charge in [0, 0.05) is 52.3 Å². The molecule has 2 heterocycles. The summed E-state index contributed by atoms with van der Waals surface area (Å²) in [5.41, 5.74) is 0. The topological polar surface area (TPSA) is 49.3 Å². The monoisotopic (exact) mass is 468 g/mol. The minimum absolute atomic E-state index is 0. The zero-order valence-corrected chi connectivity index (χ0v) is 18.7. The van der Waals surface area contributed by atoms with E-state index in [-0.39, 0.29) is 30.1 Å². The fourth-order valence-corrected chi connectivity index (χ4v) is 3.43. The van der Waals surface area contributed by atoms with E-state index in [1.165, 1.54) is 0 Å². The normalized spacial score (nSPS) is 25.1. The van der Waals surface area contributed by atoms with Gasteiger partial charge in [0.1, 0.15) is 0 Å². The van der Waals surface area contributed by atoms with Crippen LogP contribution in [0.2, 0.25) is 0 Å². The fourth-order valence-electron chi connectivity index (χ4n) is 3.43. The lowest BCUT2D eigenvalue weighted by atomic mass is 10.1. The summed E-state index contributed by atoms with van der Waals surface area (Å²) >= 11 is 0. The van der Waals surface area contributed by atoms with Crippen LogP contribution in [-0.4, -0.2) is 88.0 Å². The molecule has 0 bridgehead atoms. The minimum Gasteiger partial charge on any atom is -0.381 e. The molecule has 148 valence electrons. The van der Waals surface area contributed by atoms with E-state index in [2.05, 4.69) is 42.9 Å². The van der Waals surface area contributed by atoms with Gasteiger partial charge in [0.05, 0.1) is 25.9 Å². The zero-order valence-electron chi connectivity index (χ0n) is 16.4. The molecule has 0 aromatic carbocycles. The number of nitrogens with zero attached hydrogens (tertiary/aromatic N) is 3. The van der Waals surface area contributed by atoms with E-state index >= 15 is 0 Å². The van der Waals surface area contributed by atoms with Gasteiger partial charge >= 0.3 is 0 Å². The quantitative estimate of drug-likeness (QED) is 0.352. The number of ether oxygens (including phenoxy) is 2. The van der Waals surface area contributed by atoms with Crippen LogP contribution in [0.3, 0.4) is 0 Å². The highest BCUT2D eigenvalue weighted by Crippen LogP contribution is 2.13. The Kier molecular flexibility index (Phi) is 11.3. The van der Waals surface area contributed by atoms with Gasteiger partial charge in [-0.25, -0.2) is 0 Å². The molecule has 0 aromatic heterocycles. The van der Waals surface area contributed by atoms with Gasteiger partial charge in [-0.2, -0.15) is 0 Å². The Hall–Kier alpha value is -0.120. The molecule has 25 heavy (non-hydrogen) atoms. The minimum atomic E-state index is 0. The van der Waals surface area contributed by atoms with Crippen molar-refractivity contribution in [3.63, 3.8) is 0 Å². The van der Waals surface area contributed by atoms with Gasteiger partial charge < -0.3 is 19.7 Å². The molecule has 2 unspecified atom stereocenters. The standard InChI is InChI=1S/C18H36N4O2.HI/c1-5-19-18(21(4)12-16-6-8-23-14-16)20-10-17-13-22(7-9-24-17)11-15(2)3;/h15-17H,5-14H2,1-4H3,(H,19,20);1H. The predicted octanol–water partition coefficient (Wildman–Crippen LogP) is 1.90. The highest BCUT2D eigenvalue weighted by Gasteiger charge is 2.22. The number of hydrogen-bond donors (Lipinski definition) is 1. The average molecular weight is 468 g/mol. The molecule has 2 aliphatic rings. The summed E-state index contributed by atoms with van der Waals surface area (Å²) in [4.78, 5) is 9.57. The number of nitrogens with one attached hydrogen (secondary N) is 1. The SMILES string of the molecule is CCNC(=NCC1CN(CC(C)C)CCO1)N(C)CC1CCOC1.I. The van der Waals surface area contributed by atoms with Gasteiger partial charge in [-0.05, 0) is 19.3 Å². The van der Waals surface area contributed by atoms with E-state index < -0.39 is 0 Å². The van der Waals surface area contributed by atoms with Gasteiger partial charge in [-0.3, -0.25) is 9.89 Å². The third-order valence-corrected chi connectivity index (χ3v) is 4.54. The van der Waals surface area contributed by atoms with Crippen LogP contribution < -0.4 is 5.32 Å². The summed E-state index contributed by atoms with van der Waals surface area (Å²) in [5, 5.41) is 3.41. The Labute approximate surface area is 170 Å². The highest BCUT2D eigenvalue weighted by molar-refractivity contribution is 14.0. The Morgan fingerprint density at radius 1 is 1.36 bits per heavy atom. The number of halogens is 1. The van der Waals surface area contributed by atoms with Crippen LogP contribution in [0.15, 0.2) is 4.99 Å². The van der Waals surface area contributed by atoms with E-state index in [1.807, 2.05) is 0 Å². The lowest BCUT2D eigenvalue weighted by molar-refractivity contribution is -0.0262. The summed E-state index contributed by atoms with van der Waals surface area (Å²) in [7, 11) is 2.12. The molecule has 2 fully saturated rings. The highest BCUT2D eigenvalue weighted by atomic mass is 127. The van der Waals surface area contributed by atoms with Crippen LogP contribution in [0, 0.1) is 11.8 Å². The Balaban J connectivity index is 0.00000312. The maximum Gasteiger partial charge on any atom is 0.193 e. The second kappa shape index (κ2) is 12.3. The summed E-state index contributed by atoms with van der Waals surface area (Å²) in [5.74, 6) is 2.30. The molecular formula is C18H37IN4O2. The summed E-state index contributed by atoms with van der Waals surface area (Å²) in [6, 6.07) is 0. The molecule has 0 aromatic rings. The Morgan fingerprint density at radius 3 is 2.80 bits per heavy atom. The third kappa shape index (κ3) is 8.41. The van der Waals surface area contributed by atoms with Crippen LogP contribution in [0.25, 0.3) is 0 Å². The van der Waals surface area contributed by atoms with Gasteiger partial charge in [-0.1, -0.05) is 13.8 Å². The van der Waals surface area contributed by atoms with Gasteiger partial charge in [0.15, 0.2) is 5.96 Å². The zero-order chi connectivity index (χ0) is 17.4. The molecule has 2 rings (SSSR count). The largest absolute Gasteiger partial charge is 0.381 e. The second-order valence-corrected chi connectivity index (χ2v) is 7.45. The van der Waals surface area contributed by atoms with Gasteiger partial charge in [-0.15, -0.1) is 24.0 Å². The lowest BCUT2D eigenvalue weighted by Gasteiger charge is -2.33. The van der Waals surface area contributed by atoms with E-state index in [9.17, 15) is 0 Å². The number of morpholine rings is 1. The smallest absolute Gasteiger partial charge is 0.193 e. The van der Waals surface area contributed by atoms with E-state index in [0.717, 1.165) is 71.5 Å². The molecule has 1 N–H and O–H groups in total. The summed E-state index contributed by atoms with van der Waals surface area (Å²) in [6.45, 7) is 15.0. The molecule has 0 amide bonds. The van der Waals surface area contributed by atoms with E-state index in [1.54, 1.807) is 0 Å². The first-order chi connectivity index (χ1) is 11.6. The van der Waals surface area contributed by atoms with Crippen molar-refractivity contribution in [2.75, 3.05) is 66.1 Å². The van der Waals surface area contributed by atoms with Crippen molar-refractivity contribution in [3.8, 4) is 0 Å². The molecule has 0 aliphatic carbocycles. The van der Waals surface area contributed by atoms with Crippen molar-refractivity contribution in [2.45, 2.75) is 33.3 Å². The molecule has 7 heteroatoms. The van der Waals surface area contributed by atoms with Crippen molar-refractivity contribution < 1.29 is 9.47 Å². The first-order valence-electron chi connectivity index (χ1n) is 9.49. The molecule has 0 spiro atoms. The fraction of sp³-hybridized carbons (Fsp3) is 0.944. The van der Waals surface area contributed by atoms with Gasteiger partial charge in [0.25, 0.3) is 0 Å². The Bertz CT molecular complexity index is 389. The molecule has 2 atom stereocenters. The van der Waals surface area contributed by atoms with Crippen molar-refractivity contribution in [1.29, 1.82) is 0 Å². The average Bonchev–Trinajstić information content (AvgIpc) is 3.04. The summed E-state index contributed by atoms with van der Waals surface area (Å²) in [6.07, 6.45) is 1.36. The third-order valence-electron chi connectivity index (χ3n) is 4.54. The molecule has 2 saturated heterocycles. The van der Waals surface area contributed by atoms with Crippen LogP contribution >= 0.6 is 24.0 Å². The molecule has 6 nitrogen and oxygen atoms in total. The first-order valence-corrected chi connectivity index (χ1v) is 9.49. The van der Waals surface area contributed by atoms with Crippen molar-refractivity contribution in [2.24, 2.45) is 16.8 Å². The maximum absolute atomic E-state index is 5.92. The number of rotatable bonds is 7. The van der Waals surface area contributed by atoms with Crippen molar-refractivity contribution in [3.05, 3.63) is 0 Å². The number of aliphatic imine (C=N–C) groups is 1. The maximum atomic E-state index is 5.92. The van der Waals surface area contributed by atoms with Crippen LogP contribution in [0.1, 0.15) is 27.2 Å². The predicted molar refractivity (Wildman–Crippen MR) is 114 cm³/mol. The van der Waals surface area contributed by atoms with E-state index in [0.29, 0.717) is 11.8 Å². The van der Waals surface area contributed by atoms with Crippen molar-refractivity contribution >= 4 is 29.9 Å². The molecule has 0 saturated carbocycles. The molecule has 2 aliphatic heterocycles. The number of hydrogen-bond acceptors (Lipinski definition) is 4. The lowest BCUT2D eigenvalue weighted by Crippen LogP contribution is -2.46. The molecular weight excluding hydrogens is 431 g/mol. The van der Waals surface area contributed by atoms with Crippen LogP contribution in [-0.2, 0) is 9.47 Å².